The van der Waals surface area contributed by atoms with Crippen molar-refractivity contribution in [1.82, 2.24) is 14.5 Å². The smallest absolute Gasteiger partial charge is 0.273 e. The maximum absolute atomic E-state index is 12.8. The van der Waals surface area contributed by atoms with Gasteiger partial charge in [-0.05, 0) is 37.8 Å². The summed E-state index contributed by atoms with van der Waals surface area (Å²) in [5.41, 5.74) is 2.90. The van der Waals surface area contributed by atoms with E-state index in [9.17, 15) is 4.79 Å². The van der Waals surface area contributed by atoms with Crippen molar-refractivity contribution in [3.05, 3.63) is 41.4 Å². The largest absolute Gasteiger partial charge is 0.339 e. The van der Waals surface area contributed by atoms with E-state index in [0.717, 1.165) is 36.8 Å². The standard InChI is InChI=1S/C20H23N3OS/c1-3-23-17-9-5-4-8-15(17)11-18(23)19-21-16(13-25-19)20(24)22-10-6-7-14(2)12-22/h4-5,8-9,11,13-14H,3,6-7,10,12H2,1-2H3. The van der Waals surface area contributed by atoms with E-state index in [1.165, 1.54) is 17.3 Å². The van der Waals surface area contributed by atoms with Crippen LogP contribution in [0, 0.1) is 5.92 Å². The summed E-state index contributed by atoms with van der Waals surface area (Å²) in [6.45, 7) is 6.94. The number of piperidine rings is 1. The average Bonchev–Trinajstić information content (AvgIpc) is 3.25. The molecule has 25 heavy (non-hydrogen) atoms. The first-order valence-corrected chi connectivity index (χ1v) is 9.88. The quantitative estimate of drug-likeness (QED) is 0.687. The first-order valence-electron chi connectivity index (χ1n) is 9.00. The van der Waals surface area contributed by atoms with E-state index in [1.54, 1.807) is 11.3 Å². The summed E-state index contributed by atoms with van der Waals surface area (Å²) in [6, 6.07) is 10.6. The number of aryl methyl sites for hydroxylation is 1. The Hall–Kier alpha value is -2.14. The molecular weight excluding hydrogens is 330 g/mol. The Morgan fingerprint density at radius 1 is 1.36 bits per heavy atom. The zero-order valence-corrected chi connectivity index (χ0v) is 15.6. The Morgan fingerprint density at radius 2 is 2.20 bits per heavy atom. The Kier molecular flexibility index (Phi) is 4.34. The highest BCUT2D eigenvalue weighted by Gasteiger charge is 2.24. The molecule has 0 radical (unpaired) electrons. The van der Waals surface area contributed by atoms with Gasteiger partial charge >= 0.3 is 0 Å². The van der Waals surface area contributed by atoms with Gasteiger partial charge in [0.1, 0.15) is 10.7 Å². The molecule has 1 fully saturated rings. The fourth-order valence-corrected chi connectivity index (χ4v) is 4.57. The van der Waals surface area contributed by atoms with E-state index in [0.29, 0.717) is 11.6 Å². The Morgan fingerprint density at radius 3 is 3.00 bits per heavy atom. The summed E-state index contributed by atoms with van der Waals surface area (Å²) in [6.07, 6.45) is 2.30. The minimum absolute atomic E-state index is 0.0770. The van der Waals surface area contributed by atoms with Gasteiger partial charge in [0.15, 0.2) is 0 Å². The van der Waals surface area contributed by atoms with Crippen LogP contribution in [-0.2, 0) is 6.54 Å². The van der Waals surface area contributed by atoms with Gasteiger partial charge < -0.3 is 9.47 Å². The van der Waals surface area contributed by atoms with Crippen LogP contribution < -0.4 is 0 Å². The molecule has 130 valence electrons. The van der Waals surface area contributed by atoms with Gasteiger partial charge in [-0.1, -0.05) is 25.1 Å². The number of benzene rings is 1. The lowest BCUT2D eigenvalue weighted by atomic mass is 10.0. The van der Waals surface area contributed by atoms with Crippen molar-refractivity contribution < 1.29 is 4.79 Å². The van der Waals surface area contributed by atoms with Crippen LogP contribution in [0.4, 0.5) is 0 Å². The highest BCUT2D eigenvalue weighted by molar-refractivity contribution is 7.13. The highest BCUT2D eigenvalue weighted by atomic mass is 32.1. The molecule has 0 aliphatic carbocycles. The van der Waals surface area contributed by atoms with Crippen LogP contribution >= 0.6 is 11.3 Å². The SMILES string of the molecule is CCn1c(-c2nc(C(=O)N3CCCC(C)C3)cs2)cc2ccccc21. The fraction of sp³-hybridized carbons (Fsp3) is 0.400. The number of para-hydroxylation sites is 1. The summed E-state index contributed by atoms with van der Waals surface area (Å²) >= 11 is 1.56. The van der Waals surface area contributed by atoms with Crippen LogP contribution in [0.2, 0.25) is 0 Å². The van der Waals surface area contributed by atoms with Crippen LogP contribution in [0.1, 0.15) is 37.2 Å². The Balaban J connectivity index is 1.66. The molecule has 3 aromatic rings. The number of hydrogen-bond acceptors (Lipinski definition) is 3. The second kappa shape index (κ2) is 6.64. The highest BCUT2D eigenvalue weighted by Crippen LogP contribution is 2.31. The molecule has 0 spiro atoms. The van der Waals surface area contributed by atoms with Crippen LogP contribution in [0.3, 0.4) is 0 Å². The van der Waals surface area contributed by atoms with Crippen molar-refractivity contribution >= 4 is 28.1 Å². The molecular formula is C20H23N3OS. The summed E-state index contributed by atoms with van der Waals surface area (Å²) in [5.74, 6) is 0.659. The van der Waals surface area contributed by atoms with Crippen molar-refractivity contribution in [3.8, 4) is 10.7 Å². The third kappa shape index (κ3) is 2.97. The average molecular weight is 353 g/mol. The minimum Gasteiger partial charge on any atom is -0.339 e. The van der Waals surface area contributed by atoms with Gasteiger partial charge in [0.05, 0.1) is 5.69 Å². The lowest BCUT2D eigenvalue weighted by Gasteiger charge is -2.30. The van der Waals surface area contributed by atoms with E-state index < -0.39 is 0 Å². The summed E-state index contributed by atoms with van der Waals surface area (Å²) in [4.78, 5) is 19.4. The van der Waals surface area contributed by atoms with Gasteiger partial charge in [0.2, 0.25) is 0 Å². The molecule has 0 bridgehead atoms. The number of likely N-dealkylation sites (tertiary alicyclic amines) is 1. The molecule has 1 unspecified atom stereocenters. The molecule has 0 N–H and O–H groups in total. The first kappa shape index (κ1) is 16.3. The molecule has 1 aliphatic rings. The van der Waals surface area contributed by atoms with Gasteiger partial charge in [-0.15, -0.1) is 11.3 Å². The molecule has 5 heteroatoms. The van der Waals surface area contributed by atoms with Crippen molar-refractivity contribution in [1.29, 1.82) is 0 Å². The molecule has 1 atom stereocenters. The lowest BCUT2D eigenvalue weighted by molar-refractivity contribution is 0.0678. The van der Waals surface area contributed by atoms with E-state index in [4.69, 9.17) is 4.98 Å². The van der Waals surface area contributed by atoms with E-state index in [2.05, 4.69) is 48.7 Å². The number of fused-ring (bicyclic) bond motifs is 1. The predicted octanol–water partition coefficient (Wildman–Crippen LogP) is 4.66. The van der Waals surface area contributed by atoms with Crippen LogP contribution in [0.15, 0.2) is 35.7 Å². The van der Waals surface area contributed by atoms with Crippen LogP contribution in [0.5, 0.6) is 0 Å². The molecule has 1 saturated heterocycles. The molecule has 4 rings (SSSR count). The van der Waals surface area contributed by atoms with Gasteiger partial charge in [0, 0.05) is 35.9 Å². The fourth-order valence-electron chi connectivity index (χ4n) is 3.75. The molecule has 1 amide bonds. The second-order valence-electron chi connectivity index (χ2n) is 6.87. The molecule has 2 aromatic heterocycles. The van der Waals surface area contributed by atoms with Crippen molar-refractivity contribution in [3.63, 3.8) is 0 Å². The third-order valence-corrected chi connectivity index (χ3v) is 5.88. The number of carbonyl (C=O) groups is 1. The molecule has 1 aromatic carbocycles. The van der Waals surface area contributed by atoms with Crippen molar-refractivity contribution in [2.75, 3.05) is 13.1 Å². The maximum atomic E-state index is 12.8. The van der Waals surface area contributed by atoms with E-state index in [-0.39, 0.29) is 5.91 Å². The van der Waals surface area contributed by atoms with Crippen molar-refractivity contribution in [2.24, 2.45) is 5.92 Å². The second-order valence-corrected chi connectivity index (χ2v) is 7.73. The number of amides is 1. The number of nitrogens with zero attached hydrogens (tertiary/aromatic N) is 3. The van der Waals surface area contributed by atoms with Crippen LogP contribution in [0.25, 0.3) is 21.6 Å². The zero-order valence-electron chi connectivity index (χ0n) is 14.7. The Labute approximate surface area is 152 Å². The lowest BCUT2D eigenvalue weighted by Crippen LogP contribution is -2.39. The number of thiazole rings is 1. The molecule has 0 saturated carbocycles. The van der Waals surface area contributed by atoms with Gasteiger partial charge in [-0.25, -0.2) is 4.98 Å². The topological polar surface area (TPSA) is 38.1 Å². The predicted molar refractivity (Wildman–Crippen MR) is 103 cm³/mol. The number of rotatable bonds is 3. The maximum Gasteiger partial charge on any atom is 0.273 e. The monoisotopic (exact) mass is 353 g/mol. The zero-order chi connectivity index (χ0) is 17.4. The molecule has 1 aliphatic heterocycles. The third-order valence-electron chi connectivity index (χ3n) is 5.01. The van der Waals surface area contributed by atoms with Gasteiger partial charge in [-0.2, -0.15) is 0 Å². The minimum atomic E-state index is 0.0770. The number of aromatic nitrogens is 2. The number of hydrogen-bond donors (Lipinski definition) is 0. The summed E-state index contributed by atoms with van der Waals surface area (Å²) in [7, 11) is 0. The summed E-state index contributed by atoms with van der Waals surface area (Å²) < 4.78 is 2.27. The molecule has 4 nitrogen and oxygen atoms in total. The van der Waals surface area contributed by atoms with Crippen molar-refractivity contribution in [2.45, 2.75) is 33.2 Å². The normalized spacial score (nSPS) is 18.0. The van der Waals surface area contributed by atoms with Gasteiger partial charge in [-0.3, -0.25) is 4.79 Å². The number of carbonyl (C=O) groups excluding carboxylic acids is 1. The Bertz CT molecular complexity index is 911. The van der Waals surface area contributed by atoms with Gasteiger partial charge in [0.25, 0.3) is 5.91 Å². The first-order chi connectivity index (χ1) is 12.2. The van der Waals surface area contributed by atoms with E-state index >= 15 is 0 Å². The van der Waals surface area contributed by atoms with Crippen LogP contribution in [-0.4, -0.2) is 33.4 Å². The van der Waals surface area contributed by atoms with E-state index in [1.807, 2.05) is 10.3 Å². The summed E-state index contributed by atoms with van der Waals surface area (Å²) in [5, 5.41) is 4.05. The molecule has 3 heterocycles.